The molecule has 0 aromatic heterocycles. The molecule has 30 heavy (non-hydrogen) atoms. The molecule has 5 heteroatoms. The van der Waals surface area contributed by atoms with E-state index in [0.29, 0.717) is 27.6 Å². The summed E-state index contributed by atoms with van der Waals surface area (Å²) < 4.78 is 12.5. The minimum absolute atomic E-state index is 0.353. The predicted octanol–water partition coefficient (Wildman–Crippen LogP) is 6.06. The first-order valence-corrected chi connectivity index (χ1v) is 10.6. The van der Waals surface area contributed by atoms with E-state index in [1.165, 1.54) is 0 Å². The molecule has 2 aliphatic rings. The second-order valence-corrected chi connectivity index (χ2v) is 8.10. The number of esters is 1. The Morgan fingerprint density at radius 2 is 1.73 bits per heavy atom. The monoisotopic (exact) mass is 419 g/mol. The number of nitrogens with zero attached hydrogens (tertiary/aromatic N) is 1. The number of ether oxygens (including phenoxy) is 2. The van der Waals surface area contributed by atoms with Crippen LogP contribution < -0.4 is 9.64 Å². The summed E-state index contributed by atoms with van der Waals surface area (Å²) in [6, 6.07) is 17.4. The number of hydrogen-bond donors (Lipinski definition) is 0. The van der Waals surface area contributed by atoms with Gasteiger partial charge in [-0.25, -0.2) is 4.79 Å². The number of carbonyl (C=O) groups excluding carboxylic acids is 1. The molecule has 1 atom stereocenters. The van der Waals surface area contributed by atoms with Crippen molar-refractivity contribution in [1.82, 2.24) is 0 Å². The van der Waals surface area contributed by atoms with E-state index in [-0.39, 0.29) is 5.97 Å². The normalized spacial score (nSPS) is 18.3. The van der Waals surface area contributed by atoms with Crippen LogP contribution in [0, 0.1) is 6.92 Å². The molecule has 0 amide bonds. The summed E-state index contributed by atoms with van der Waals surface area (Å²) in [6.07, 6.45) is 0. The summed E-state index contributed by atoms with van der Waals surface area (Å²) in [5, 5.41) is 0.519. The summed E-state index contributed by atoms with van der Waals surface area (Å²) in [4.78, 5) is 15.1. The maximum absolute atomic E-state index is 12.9. The van der Waals surface area contributed by atoms with Gasteiger partial charge in [-0.1, -0.05) is 41.9 Å². The van der Waals surface area contributed by atoms with Gasteiger partial charge in [-0.15, -0.1) is 0 Å². The van der Waals surface area contributed by atoms with Crippen LogP contribution in [0.15, 0.2) is 54.6 Å². The average molecular weight is 420 g/mol. The van der Waals surface area contributed by atoms with Crippen LogP contribution in [0.2, 0.25) is 5.02 Å². The van der Waals surface area contributed by atoms with Gasteiger partial charge in [-0.2, -0.15) is 0 Å². The number of benzene rings is 3. The first kappa shape index (κ1) is 19.0. The molecular formula is C25H22ClNO3. The molecule has 3 aromatic carbocycles. The number of carbonyl (C=O) groups is 1. The molecule has 0 N–H and O–H groups in total. The Hall–Kier alpha value is -2.98. The summed E-state index contributed by atoms with van der Waals surface area (Å²) in [6.45, 7) is 7.92. The van der Waals surface area contributed by atoms with E-state index >= 15 is 0 Å². The Morgan fingerprint density at radius 1 is 0.967 bits per heavy atom. The van der Waals surface area contributed by atoms with E-state index in [0.717, 1.165) is 35.5 Å². The van der Waals surface area contributed by atoms with Gasteiger partial charge in [0, 0.05) is 36.0 Å². The van der Waals surface area contributed by atoms with E-state index in [1.54, 1.807) is 6.07 Å². The molecule has 3 aromatic rings. The van der Waals surface area contributed by atoms with Crippen LogP contribution in [-0.2, 0) is 10.3 Å². The fraction of sp³-hybridized carbons (Fsp3) is 0.240. The average Bonchev–Trinajstić information content (AvgIpc) is 3.01. The zero-order valence-electron chi connectivity index (χ0n) is 17.2. The van der Waals surface area contributed by atoms with E-state index in [4.69, 9.17) is 21.1 Å². The molecular weight excluding hydrogens is 398 g/mol. The van der Waals surface area contributed by atoms with Crippen LogP contribution in [0.4, 0.5) is 5.69 Å². The lowest BCUT2D eigenvalue weighted by molar-refractivity contribution is 0.0225. The Bertz CT molecular complexity index is 1190. The molecule has 0 fully saturated rings. The van der Waals surface area contributed by atoms with Gasteiger partial charge < -0.3 is 14.4 Å². The van der Waals surface area contributed by atoms with Crippen molar-refractivity contribution in [3.63, 3.8) is 0 Å². The van der Waals surface area contributed by atoms with Crippen LogP contribution in [0.25, 0.3) is 0 Å². The fourth-order valence-corrected chi connectivity index (χ4v) is 4.96. The maximum Gasteiger partial charge on any atom is 0.340 e. The van der Waals surface area contributed by atoms with E-state index in [9.17, 15) is 4.79 Å². The molecule has 152 valence electrons. The van der Waals surface area contributed by atoms with Gasteiger partial charge in [0.2, 0.25) is 0 Å². The van der Waals surface area contributed by atoms with Gasteiger partial charge in [0.1, 0.15) is 11.5 Å². The van der Waals surface area contributed by atoms with Crippen LogP contribution in [0.3, 0.4) is 0 Å². The van der Waals surface area contributed by atoms with Crippen molar-refractivity contribution < 1.29 is 14.3 Å². The highest BCUT2D eigenvalue weighted by Crippen LogP contribution is 2.58. The Kier molecular flexibility index (Phi) is 4.30. The summed E-state index contributed by atoms with van der Waals surface area (Å²) in [7, 11) is 0. The van der Waals surface area contributed by atoms with Gasteiger partial charge in [0.05, 0.1) is 16.1 Å². The molecule has 5 rings (SSSR count). The summed E-state index contributed by atoms with van der Waals surface area (Å²) in [5.41, 5.74) is 3.74. The highest BCUT2D eigenvalue weighted by atomic mass is 35.5. The molecule has 1 unspecified atom stereocenters. The number of rotatable bonds is 3. The van der Waals surface area contributed by atoms with E-state index in [1.807, 2.05) is 55.5 Å². The molecule has 4 nitrogen and oxygen atoms in total. The third-order valence-corrected chi connectivity index (χ3v) is 6.33. The topological polar surface area (TPSA) is 38.8 Å². The Labute approximate surface area is 181 Å². The van der Waals surface area contributed by atoms with Crippen LogP contribution in [-0.4, -0.2) is 19.1 Å². The van der Waals surface area contributed by atoms with Crippen molar-refractivity contribution in [2.75, 3.05) is 18.0 Å². The van der Waals surface area contributed by atoms with Crippen molar-refractivity contribution in [1.29, 1.82) is 0 Å². The van der Waals surface area contributed by atoms with Gasteiger partial charge in [-0.05, 0) is 44.5 Å². The second-order valence-electron chi connectivity index (χ2n) is 7.69. The number of fused-ring (bicyclic) bond motifs is 6. The minimum Gasteiger partial charge on any atom is -0.456 e. The Morgan fingerprint density at radius 3 is 2.50 bits per heavy atom. The number of aryl methyl sites for hydroxylation is 1. The smallest absolute Gasteiger partial charge is 0.340 e. The highest BCUT2D eigenvalue weighted by Gasteiger charge is 2.54. The van der Waals surface area contributed by atoms with Crippen molar-refractivity contribution in [2.24, 2.45) is 0 Å². The maximum atomic E-state index is 12.9. The number of hydrogen-bond acceptors (Lipinski definition) is 4. The number of halogens is 1. The minimum atomic E-state index is -1.12. The molecule has 2 aliphatic heterocycles. The van der Waals surface area contributed by atoms with Crippen LogP contribution in [0.1, 0.15) is 46.5 Å². The lowest BCUT2D eigenvalue weighted by atomic mass is 9.77. The molecule has 0 bridgehead atoms. The standard InChI is InChI=1S/C25H22ClNO3/c1-4-27(5-2)16-13-20(26)23-22(14-16)29-21-12-15(3)10-11-19(21)25(23)18-9-7-6-8-17(18)24(28)30-25/h6-14H,4-5H2,1-3H3. The van der Waals surface area contributed by atoms with Gasteiger partial charge >= 0.3 is 5.97 Å². The fourth-order valence-electron chi connectivity index (χ4n) is 4.62. The molecule has 0 radical (unpaired) electrons. The summed E-state index contributed by atoms with van der Waals surface area (Å²) in [5.74, 6) is 0.945. The van der Waals surface area contributed by atoms with Crippen molar-refractivity contribution in [2.45, 2.75) is 26.4 Å². The van der Waals surface area contributed by atoms with Gasteiger partial charge in [-0.3, -0.25) is 0 Å². The van der Waals surface area contributed by atoms with Crippen LogP contribution >= 0.6 is 11.6 Å². The molecule has 1 spiro atoms. The van der Waals surface area contributed by atoms with E-state index < -0.39 is 5.60 Å². The lowest BCUT2D eigenvalue weighted by Crippen LogP contribution is -2.33. The molecule has 0 saturated heterocycles. The zero-order chi connectivity index (χ0) is 21.0. The zero-order valence-corrected chi connectivity index (χ0v) is 17.9. The third kappa shape index (κ3) is 2.50. The summed E-state index contributed by atoms with van der Waals surface area (Å²) >= 11 is 6.89. The largest absolute Gasteiger partial charge is 0.456 e. The quantitative estimate of drug-likeness (QED) is 0.483. The second kappa shape index (κ2) is 6.78. The SMILES string of the molecule is CCN(CC)c1cc(Cl)c2c(c1)Oc1cc(C)ccc1C21OC(=O)c2ccccc21. The first-order chi connectivity index (χ1) is 14.5. The van der Waals surface area contributed by atoms with E-state index in [2.05, 4.69) is 18.7 Å². The van der Waals surface area contributed by atoms with Crippen molar-refractivity contribution >= 4 is 23.3 Å². The van der Waals surface area contributed by atoms with Crippen molar-refractivity contribution in [3.8, 4) is 11.5 Å². The van der Waals surface area contributed by atoms with Crippen LogP contribution in [0.5, 0.6) is 11.5 Å². The Balaban J connectivity index is 1.85. The van der Waals surface area contributed by atoms with Gasteiger partial charge in [0.25, 0.3) is 0 Å². The highest BCUT2D eigenvalue weighted by molar-refractivity contribution is 6.32. The number of anilines is 1. The third-order valence-electron chi connectivity index (χ3n) is 6.03. The molecule has 0 aliphatic carbocycles. The molecule has 0 saturated carbocycles. The predicted molar refractivity (Wildman–Crippen MR) is 118 cm³/mol. The first-order valence-electron chi connectivity index (χ1n) is 10.2. The van der Waals surface area contributed by atoms with Gasteiger partial charge in [0.15, 0.2) is 5.60 Å². The molecule has 2 heterocycles. The lowest BCUT2D eigenvalue weighted by Gasteiger charge is -2.38. The van der Waals surface area contributed by atoms with Crippen molar-refractivity contribution in [3.05, 3.63) is 87.4 Å².